The molecule has 168 valence electrons. The molecule has 4 aromatic rings. The van der Waals surface area contributed by atoms with Crippen molar-refractivity contribution < 1.29 is 13.7 Å². The lowest BCUT2D eigenvalue weighted by molar-refractivity contribution is 0.0695. The minimum absolute atomic E-state index is 0.0826. The van der Waals surface area contributed by atoms with Gasteiger partial charge in [-0.2, -0.15) is 10.1 Å². The third kappa shape index (κ3) is 4.26. The molecule has 0 N–H and O–H groups in total. The molecule has 0 bridgehead atoms. The Morgan fingerprint density at radius 3 is 2.88 bits per heavy atom. The van der Waals surface area contributed by atoms with E-state index in [-0.39, 0.29) is 17.6 Å². The summed E-state index contributed by atoms with van der Waals surface area (Å²) in [6, 6.07) is 13.4. The van der Waals surface area contributed by atoms with Crippen molar-refractivity contribution >= 4 is 17.5 Å². The summed E-state index contributed by atoms with van der Waals surface area (Å²) < 4.78 is 20.7. The summed E-state index contributed by atoms with van der Waals surface area (Å²) in [5.74, 6) is 0.266. The second-order valence-corrected chi connectivity index (χ2v) is 8.53. The molecule has 0 saturated carbocycles. The van der Waals surface area contributed by atoms with Gasteiger partial charge in [0.25, 0.3) is 5.91 Å². The number of aromatic nitrogens is 4. The van der Waals surface area contributed by atoms with Crippen molar-refractivity contribution in [3.8, 4) is 17.1 Å². The molecule has 0 radical (unpaired) electrons. The van der Waals surface area contributed by atoms with E-state index in [9.17, 15) is 9.18 Å². The van der Waals surface area contributed by atoms with Gasteiger partial charge in [-0.05, 0) is 50.1 Å². The van der Waals surface area contributed by atoms with Crippen molar-refractivity contribution in [1.82, 2.24) is 24.8 Å². The maximum Gasteiger partial charge on any atom is 0.257 e. The summed E-state index contributed by atoms with van der Waals surface area (Å²) in [4.78, 5) is 19.6. The summed E-state index contributed by atoms with van der Waals surface area (Å²) in [6.07, 6.45) is 3.24. The van der Waals surface area contributed by atoms with Crippen molar-refractivity contribution in [3.63, 3.8) is 0 Å². The van der Waals surface area contributed by atoms with E-state index in [1.54, 1.807) is 40.0 Å². The van der Waals surface area contributed by atoms with Gasteiger partial charge in [0.1, 0.15) is 5.82 Å². The second kappa shape index (κ2) is 8.78. The standard InChI is InChI=1S/C24H21ClFN5O2/c1-15-21(13-27-31(15)20-9-3-7-18(25)12-20)24(32)30-10-4-6-17(14-30)23-28-22(29-33-23)16-5-2-8-19(26)11-16/h2-3,5,7-9,11-13,17H,4,6,10,14H2,1H3. The highest BCUT2D eigenvalue weighted by Gasteiger charge is 2.30. The Labute approximate surface area is 194 Å². The molecule has 1 unspecified atom stereocenters. The number of likely N-dealkylation sites (tertiary alicyclic amines) is 1. The lowest BCUT2D eigenvalue weighted by Gasteiger charge is -2.31. The lowest BCUT2D eigenvalue weighted by Crippen LogP contribution is -2.39. The molecular weight excluding hydrogens is 445 g/mol. The maximum atomic E-state index is 13.5. The third-order valence-corrected chi connectivity index (χ3v) is 6.11. The molecule has 7 nitrogen and oxygen atoms in total. The highest BCUT2D eigenvalue weighted by Crippen LogP contribution is 2.29. The fraction of sp³-hybridized carbons (Fsp3) is 0.250. The van der Waals surface area contributed by atoms with Crippen molar-refractivity contribution in [3.05, 3.63) is 82.7 Å². The molecule has 5 rings (SSSR count). The minimum Gasteiger partial charge on any atom is -0.339 e. The average Bonchev–Trinajstić information content (AvgIpc) is 3.46. The van der Waals surface area contributed by atoms with Crippen molar-refractivity contribution in [2.75, 3.05) is 13.1 Å². The first kappa shape index (κ1) is 21.3. The SMILES string of the molecule is Cc1c(C(=O)N2CCCC(c3nc(-c4cccc(F)c4)no3)C2)cnn1-c1cccc(Cl)c1. The van der Waals surface area contributed by atoms with Crippen LogP contribution in [0.5, 0.6) is 0 Å². The number of piperidine rings is 1. The van der Waals surface area contributed by atoms with Gasteiger partial charge in [0.05, 0.1) is 29.1 Å². The Hall–Kier alpha value is -3.52. The van der Waals surface area contributed by atoms with Gasteiger partial charge in [-0.1, -0.05) is 35.0 Å². The minimum atomic E-state index is -0.359. The zero-order chi connectivity index (χ0) is 22.9. The van der Waals surface area contributed by atoms with Crippen LogP contribution in [0.1, 0.15) is 40.7 Å². The van der Waals surface area contributed by atoms with E-state index in [4.69, 9.17) is 16.1 Å². The first-order valence-electron chi connectivity index (χ1n) is 10.7. The molecule has 9 heteroatoms. The van der Waals surface area contributed by atoms with Crippen LogP contribution in [0, 0.1) is 12.7 Å². The summed E-state index contributed by atoms with van der Waals surface area (Å²) in [7, 11) is 0. The van der Waals surface area contributed by atoms with Crippen LogP contribution in [0.3, 0.4) is 0 Å². The van der Waals surface area contributed by atoms with Gasteiger partial charge in [-0.15, -0.1) is 0 Å². The molecule has 1 saturated heterocycles. The fourth-order valence-corrected chi connectivity index (χ4v) is 4.35. The maximum absolute atomic E-state index is 13.5. The molecule has 3 heterocycles. The summed E-state index contributed by atoms with van der Waals surface area (Å²) in [5, 5.41) is 9.01. The lowest BCUT2D eigenvalue weighted by atomic mass is 9.97. The summed E-state index contributed by atoms with van der Waals surface area (Å²) in [6.45, 7) is 2.97. The molecule has 1 aliphatic rings. The smallest absolute Gasteiger partial charge is 0.257 e. The molecular formula is C24H21ClFN5O2. The van der Waals surface area contributed by atoms with Gasteiger partial charge in [-0.3, -0.25) is 4.79 Å². The van der Waals surface area contributed by atoms with Gasteiger partial charge in [0.15, 0.2) is 0 Å². The van der Waals surface area contributed by atoms with E-state index < -0.39 is 0 Å². The zero-order valence-corrected chi connectivity index (χ0v) is 18.7. The Morgan fingerprint density at radius 2 is 2.06 bits per heavy atom. The third-order valence-electron chi connectivity index (χ3n) is 5.88. The highest BCUT2D eigenvalue weighted by atomic mass is 35.5. The number of carbonyl (C=O) groups is 1. The molecule has 0 spiro atoms. The molecule has 1 amide bonds. The predicted molar refractivity (Wildman–Crippen MR) is 121 cm³/mol. The van der Waals surface area contributed by atoms with Crippen molar-refractivity contribution in [2.24, 2.45) is 0 Å². The van der Waals surface area contributed by atoms with Gasteiger partial charge < -0.3 is 9.42 Å². The molecule has 0 aliphatic carbocycles. The number of benzene rings is 2. The van der Waals surface area contributed by atoms with E-state index >= 15 is 0 Å². The predicted octanol–water partition coefficient (Wildman–Crippen LogP) is 5.04. The van der Waals surface area contributed by atoms with Crippen LogP contribution in [0.15, 0.2) is 59.3 Å². The number of rotatable bonds is 4. The quantitative estimate of drug-likeness (QED) is 0.422. The van der Waals surface area contributed by atoms with E-state index in [1.807, 2.05) is 19.1 Å². The number of amides is 1. The van der Waals surface area contributed by atoms with Crippen LogP contribution in [0.2, 0.25) is 5.02 Å². The largest absolute Gasteiger partial charge is 0.339 e. The van der Waals surface area contributed by atoms with Crippen LogP contribution < -0.4 is 0 Å². The molecule has 1 fully saturated rings. The van der Waals surface area contributed by atoms with E-state index in [1.165, 1.54) is 12.1 Å². The van der Waals surface area contributed by atoms with Crippen molar-refractivity contribution in [2.45, 2.75) is 25.7 Å². The highest BCUT2D eigenvalue weighted by molar-refractivity contribution is 6.30. The normalized spacial score (nSPS) is 16.2. The second-order valence-electron chi connectivity index (χ2n) is 8.09. The van der Waals surface area contributed by atoms with Crippen molar-refractivity contribution in [1.29, 1.82) is 0 Å². The molecule has 2 aromatic carbocycles. The molecule has 1 aliphatic heterocycles. The first-order valence-corrected chi connectivity index (χ1v) is 11.1. The Balaban J connectivity index is 1.34. The van der Waals surface area contributed by atoms with Gasteiger partial charge >= 0.3 is 0 Å². The molecule has 1 atom stereocenters. The van der Waals surface area contributed by atoms with Crippen LogP contribution in [0.4, 0.5) is 4.39 Å². The number of halogens is 2. The van der Waals surface area contributed by atoms with Crippen LogP contribution in [-0.2, 0) is 0 Å². The van der Waals surface area contributed by atoms with Crippen LogP contribution in [-0.4, -0.2) is 43.8 Å². The number of carbonyl (C=O) groups excluding carboxylic acids is 1. The van der Waals surface area contributed by atoms with Crippen LogP contribution >= 0.6 is 11.6 Å². The Bertz CT molecular complexity index is 1320. The summed E-state index contributed by atoms with van der Waals surface area (Å²) in [5.41, 5.74) is 2.64. The Kier molecular flexibility index (Phi) is 5.68. The number of hydrogen-bond donors (Lipinski definition) is 0. The zero-order valence-electron chi connectivity index (χ0n) is 17.9. The van der Waals surface area contributed by atoms with Gasteiger partial charge in [-0.25, -0.2) is 9.07 Å². The number of hydrogen-bond acceptors (Lipinski definition) is 5. The van der Waals surface area contributed by atoms with E-state index in [0.717, 1.165) is 24.2 Å². The van der Waals surface area contributed by atoms with E-state index in [0.29, 0.717) is 41.0 Å². The molecule has 33 heavy (non-hydrogen) atoms. The Morgan fingerprint density at radius 1 is 1.21 bits per heavy atom. The average molecular weight is 466 g/mol. The topological polar surface area (TPSA) is 77.1 Å². The summed E-state index contributed by atoms with van der Waals surface area (Å²) >= 11 is 6.11. The van der Waals surface area contributed by atoms with Gasteiger partial charge in [0, 0.05) is 23.7 Å². The fourth-order valence-electron chi connectivity index (χ4n) is 4.17. The van der Waals surface area contributed by atoms with E-state index in [2.05, 4.69) is 15.2 Å². The monoisotopic (exact) mass is 465 g/mol. The van der Waals surface area contributed by atoms with Gasteiger partial charge in [0.2, 0.25) is 11.7 Å². The number of nitrogens with zero attached hydrogens (tertiary/aromatic N) is 5. The molecule has 2 aromatic heterocycles. The van der Waals surface area contributed by atoms with Crippen LogP contribution in [0.25, 0.3) is 17.1 Å². The first-order chi connectivity index (χ1) is 16.0.